The summed E-state index contributed by atoms with van der Waals surface area (Å²) in [5.41, 5.74) is 9.33. The van der Waals surface area contributed by atoms with Gasteiger partial charge in [-0.05, 0) is 44.0 Å². The number of hydrogen-bond donors (Lipinski definition) is 3. The monoisotopic (exact) mass is 492 g/mol. The fourth-order valence-electron chi connectivity index (χ4n) is 4.34. The third-order valence-corrected chi connectivity index (χ3v) is 6.77. The Balaban J connectivity index is 1.38. The first-order chi connectivity index (χ1) is 17.3. The maximum absolute atomic E-state index is 13.9. The number of rotatable bonds is 5. The van der Waals surface area contributed by atoms with Crippen LogP contribution >= 0.6 is 0 Å². The standard InChI is InChI=1S/C25H26F2N8O/c1-14-18(27)11-17(12-29-14)30-24(28)25(2)7-9-35(10-8-25)23-19(13-36)31-21-20(33-34-22(21)32-23)15-3-5-16(26)6-4-15/h3-6,11-12,36H,7-10,13H2,1-2H3,(H2,28,30)(H,32,33,34). The van der Waals surface area contributed by atoms with Crippen molar-refractivity contribution in [3.63, 3.8) is 0 Å². The number of H-pyrrole nitrogens is 1. The summed E-state index contributed by atoms with van der Waals surface area (Å²) in [6, 6.07) is 7.32. The summed E-state index contributed by atoms with van der Waals surface area (Å²) in [5, 5.41) is 17.3. The van der Waals surface area contributed by atoms with Crippen LogP contribution in [0.3, 0.4) is 0 Å². The van der Waals surface area contributed by atoms with E-state index in [-0.39, 0.29) is 12.4 Å². The van der Waals surface area contributed by atoms with E-state index in [1.807, 2.05) is 11.8 Å². The van der Waals surface area contributed by atoms with Crippen LogP contribution in [0.25, 0.3) is 22.4 Å². The summed E-state index contributed by atoms with van der Waals surface area (Å²) in [7, 11) is 0. The van der Waals surface area contributed by atoms with Crippen LogP contribution in [0, 0.1) is 24.0 Å². The molecule has 0 bridgehead atoms. The van der Waals surface area contributed by atoms with E-state index in [1.165, 1.54) is 24.4 Å². The Morgan fingerprint density at radius 1 is 1.19 bits per heavy atom. The van der Waals surface area contributed by atoms with E-state index in [4.69, 9.17) is 5.73 Å². The van der Waals surface area contributed by atoms with E-state index in [2.05, 4.69) is 30.1 Å². The van der Waals surface area contributed by atoms with Crippen LogP contribution in [-0.4, -0.2) is 49.2 Å². The first kappa shape index (κ1) is 23.7. The molecule has 4 aromatic rings. The van der Waals surface area contributed by atoms with Crippen molar-refractivity contribution in [1.82, 2.24) is 25.1 Å². The molecule has 1 aliphatic heterocycles. The molecule has 11 heteroatoms. The van der Waals surface area contributed by atoms with E-state index in [0.717, 1.165) is 5.56 Å². The molecule has 5 rings (SSSR count). The van der Waals surface area contributed by atoms with Crippen LogP contribution in [-0.2, 0) is 6.61 Å². The molecule has 4 N–H and O–H groups in total. The zero-order chi connectivity index (χ0) is 25.4. The lowest BCUT2D eigenvalue weighted by Gasteiger charge is -2.39. The van der Waals surface area contributed by atoms with Crippen molar-refractivity contribution in [3.05, 3.63) is 59.6 Å². The van der Waals surface area contributed by atoms with Gasteiger partial charge in [-0.2, -0.15) is 5.10 Å². The van der Waals surface area contributed by atoms with Crippen LogP contribution in [0.1, 0.15) is 31.2 Å². The molecule has 1 fully saturated rings. The number of aromatic amines is 1. The van der Waals surface area contributed by atoms with Gasteiger partial charge in [-0.1, -0.05) is 6.92 Å². The maximum atomic E-state index is 13.9. The minimum Gasteiger partial charge on any atom is -0.390 e. The molecule has 1 aliphatic rings. The zero-order valence-electron chi connectivity index (χ0n) is 20.0. The molecule has 0 saturated carbocycles. The summed E-state index contributed by atoms with van der Waals surface area (Å²) >= 11 is 0. The van der Waals surface area contributed by atoms with E-state index in [1.54, 1.807) is 19.1 Å². The Morgan fingerprint density at radius 2 is 1.92 bits per heavy atom. The first-order valence-electron chi connectivity index (χ1n) is 11.6. The van der Waals surface area contributed by atoms with Gasteiger partial charge in [0.1, 0.15) is 28.7 Å². The molecular weight excluding hydrogens is 466 g/mol. The van der Waals surface area contributed by atoms with Crippen molar-refractivity contribution >= 4 is 28.5 Å². The van der Waals surface area contributed by atoms with Crippen LogP contribution in [0.4, 0.5) is 20.3 Å². The molecule has 186 valence electrons. The van der Waals surface area contributed by atoms with Crippen molar-refractivity contribution in [1.29, 1.82) is 0 Å². The molecule has 4 heterocycles. The number of nitrogens with zero attached hydrogens (tertiary/aromatic N) is 6. The molecule has 0 radical (unpaired) electrons. The fourth-order valence-corrected chi connectivity index (χ4v) is 4.34. The van der Waals surface area contributed by atoms with E-state index >= 15 is 0 Å². The average molecular weight is 493 g/mol. The molecule has 0 amide bonds. The number of aliphatic hydroxyl groups excluding tert-OH is 1. The number of aryl methyl sites for hydroxylation is 1. The number of pyridine rings is 1. The van der Waals surface area contributed by atoms with Gasteiger partial charge in [-0.25, -0.2) is 23.7 Å². The normalized spacial score (nSPS) is 16.0. The summed E-state index contributed by atoms with van der Waals surface area (Å²) in [4.78, 5) is 19.8. The summed E-state index contributed by atoms with van der Waals surface area (Å²) < 4.78 is 27.2. The second-order valence-electron chi connectivity index (χ2n) is 9.24. The number of benzene rings is 1. The third-order valence-electron chi connectivity index (χ3n) is 6.77. The van der Waals surface area contributed by atoms with Gasteiger partial charge in [0.05, 0.1) is 29.9 Å². The number of aliphatic hydroxyl groups is 1. The van der Waals surface area contributed by atoms with Gasteiger partial charge in [0, 0.05) is 30.1 Å². The van der Waals surface area contributed by atoms with Gasteiger partial charge in [0.15, 0.2) is 5.82 Å². The number of aromatic nitrogens is 5. The van der Waals surface area contributed by atoms with Crippen molar-refractivity contribution in [2.45, 2.75) is 33.3 Å². The van der Waals surface area contributed by atoms with Gasteiger partial charge in [0.2, 0.25) is 5.65 Å². The number of halogens is 2. The Bertz CT molecular complexity index is 1440. The van der Waals surface area contributed by atoms with Gasteiger partial charge in [-0.15, -0.1) is 0 Å². The second kappa shape index (κ2) is 9.23. The van der Waals surface area contributed by atoms with E-state index in [9.17, 15) is 13.9 Å². The van der Waals surface area contributed by atoms with Crippen LogP contribution < -0.4 is 10.6 Å². The highest BCUT2D eigenvalue weighted by Gasteiger charge is 2.35. The number of nitrogens with one attached hydrogen (secondary N) is 1. The lowest BCUT2D eigenvalue weighted by molar-refractivity contribution is 0.276. The number of hydrogen-bond acceptors (Lipinski definition) is 7. The van der Waals surface area contributed by atoms with Crippen molar-refractivity contribution in [2.75, 3.05) is 18.0 Å². The van der Waals surface area contributed by atoms with Gasteiger partial charge in [-0.3, -0.25) is 10.1 Å². The highest BCUT2D eigenvalue weighted by atomic mass is 19.1. The summed E-state index contributed by atoms with van der Waals surface area (Å²) in [6.45, 7) is 4.54. The molecule has 3 aromatic heterocycles. The quantitative estimate of drug-likeness (QED) is 0.286. The van der Waals surface area contributed by atoms with Crippen molar-refractivity contribution in [3.8, 4) is 11.3 Å². The number of anilines is 1. The van der Waals surface area contributed by atoms with Gasteiger partial charge in [0.25, 0.3) is 0 Å². The highest BCUT2D eigenvalue weighted by Crippen LogP contribution is 2.35. The van der Waals surface area contributed by atoms with Crippen LogP contribution in [0.15, 0.2) is 41.5 Å². The fraction of sp³-hybridized carbons (Fsp3) is 0.320. The Kier molecular flexibility index (Phi) is 6.09. The average Bonchev–Trinajstić information content (AvgIpc) is 3.29. The van der Waals surface area contributed by atoms with Gasteiger partial charge < -0.3 is 15.7 Å². The third kappa shape index (κ3) is 4.37. The molecule has 0 unspecified atom stereocenters. The topological polar surface area (TPSA) is 129 Å². The minimum atomic E-state index is -0.421. The SMILES string of the molecule is Cc1ncc(N=C(N)C2(C)CCN(c3nc4n[nH]c(-c5ccc(F)cc5)c4nc3CO)CC2)cc1F. The van der Waals surface area contributed by atoms with E-state index in [0.29, 0.717) is 71.5 Å². The molecule has 0 spiro atoms. The lowest BCUT2D eigenvalue weighted by atomic mass is 9.79. The smallest absolute Gasteiger partial charge is 0.202 e. The number of fused-ring (bicyclic) bond motifs is 1. The molecule has 1 aromatic carbocycles. The number of amidine groups is 1. The number of nitrogens with two attached hydrogens (primary N) is 1. The Hall–Kier alpha value is -3.99. The Morgan fingerprint density at radius 3 is 2.58 bits per heavy atom. The predicted octanol–water partition coefficient (Wildman–Crippen LogP) is 3.79. The highest BCUT2D eigenvalue weighted by molar-refractivity contribution is 5.89. The minimum absolute atomic E-state index is 0.296. The predicted molar refractivity (Wildman–Crippen MR) is 133 cm³/mol. The maximum Gasteiger partial charge on any atom is 0.202 e. The van der Waals surface area contributed by atoms with E-state index < -0.39 is 11.2 Å². The zero-order valence-corrected chi connectivity index (χ0v) is 20.0. The van der Waals surface area contributed by atoms with Crippen LogP contribution in [0.2, 0.25) is 0 Å². The first-order valence-corrected chi connectivity index (χ1v) is 11.6. The molecule has 9 nitrogen and oxygen atoms in total. The van der Waals surface area contributed by atoms with Crippen LogP contribution in [0.5, 0.6) is 0 Å². The van der Waals surface area contributed by atoms with Crippen molar-refractivity contribution in [2.24, 2.45) is 16.1 Å². The molecular formula is C25H26F2N8O. The lowest BCUT2D eigenvalue weighted by Crippen LogP contribution is -2.46. The summed E-state index contributed by atoms with van der Waals surface area (Å²) in [5.74, 6) is 0.227. The second-order valence-corrected chi connectivity index (χ2v) is 9.24. The number of aliphatic imine (C=N–C) groups is 1. The summed E-state index contributed by atoms with van der Waals surface area (Å²) in [6.07, 6.45) is 2.86. The molecule has 0 aliphatic carbocycles. The largest absolute Gasteiger partial charge is 0.390 e. The van der Waals surface area contributed by atoms with Gasteiger partial charge >= 0.3 is 0 Å². The molecule has 36 heavy (non-hydrogen) atoms. The number of piperidine rings is 1. The molecule has 0 atom stereocenters. The Labute approximate surface area is 206 Å². The van der Waals surface area contributed by atoms with Crippen molar-refractivity contribution < 1.29 is 13.9 Å². The molecule has 1 saturated heterocycles.